The number of benzene rings is 1. The van der Waals surface area contributed by atoms with Gasteiger partial charge in [-0.2, -0.15) is 0 Å². The molecule has 1 aromatic carbocycles. The van der Waals surface area contributed by atoms with Crippen LogP contribution in [0.25, 0.3) is 11.0 Å². The first-order chi connectivity index (χ1) is 5.95. The number of nitrogens with zero attached hydrogens (tertiary/aromatic N) is 2. The number of hydrogen-bond acceptors (Lipinski definition) is 2. The van der Waals surface area contributed by atoms with Gasteiger partial charge in [0, 0.05) is 12.4 Å². The van der Waals surface area contributed by atoms with Crippen LogP contribution in [-0.2, 0) is 12.8 Å². The fourth-order valence-electron chi connectivity index (χ4n) is 1.84. The Bertz CT molecular complexity index is 406. The van der Waals surface area contributed by atoms with Crippen molar-refractivity contribution < 1.29 is 0 Å². The summed E-state index contributed by atoms with van der Waals surface area (Å²) in [4.78, 5) is 8.66. The second kappa shape index (κ2) is 2.03. The zero-order chi connectivity index (χ0) is 7.97. The first-order valence-corrected chi connectivity index (χ1v) is 4.16. The molecule has 0 saturated carbocycles. The van der Waals surface area contributed by atoms with Crippen molar-refractivity contribution in [2.45, 2.75) is 12.8 Å². The Labute approximate surface area is 70.3 Å². The lowest BCUT2D eigenvalue weighted by Crippen LogP contribution is -2.04. The third kappa shape index (κ3) is 0.644. The Hall–Kier alpha value is -1.44. The fraction of sp³-hybridized carbons (Fsp3) is 0.200. The molecule has 2 aliphatic rings. The maximum absolute atomic E-state index is 4.33. The third-order valence-corrected chi connectivity index (χ3v) is 2.46. The normalized spacial score (nSPS) is 14.0. The van der Waals surface area contributed by atoms with E-state index in [1.54, 1.807) is 12.4 Å². The molecule has 0 amide bonds. The molecule has 0 radical (unpaired) electrons. The van der Waals surface area contributed by atoms with E-state index in [0.29, 0.717) is 0 Å². The first-order valence-electron chi connectivity index (χ1n) is 4.16. The van der Waals surface area contributed by atoms with Crippen molar-refractivity contribution in [3.8, 4) is 0 Å². The van der Waals surface area contributed by atoms with Gasteiger partial charge in [0.1, 0.15) is 0 Å². The van der Waals surface area contributed by atoms with Gasteiger partial charge in [-0.1, -0.05) is 12.1 Å². The predicted molar refractivity (Wildman–Crippen MR) is 46.9 cm³/mol. The number of aryl methyl sites for hydroxylation is 2. The quantitative estimate of drug-likeness (QED) is 0.580. The molecule has 58 valence electrons. The Morgan fingerprint density at radius 2 is 1.33 bits per heavy atom. The first kappa shape index (κ1) is 6.12. The van der Waals surface area contributed by atoms with Crippen LogP contribution in [0.2, 0.25) is 0 Å². The highest BCUT2D eigenvalue weighted by Crippen LogP contribution is 2.26. The summed E-state index contributed by atoms with van der Waals surface area (Å²) in [5.41, 5.74) is 4.88. The maximum atomic E-state index is 4.33. The van der Waals surface area contributed by atoms with Crippen LogP contribution in [-0.4, -0.2) is 9.97 Å². The second-order valence-electron chi connectivity index (χ2n) is 3.14. The van der Waals surface area contributed by atoms with Crippen molar-refractivity contribution in [3.05, 3.63) is 35.7 Å². The number of fused-ring (bicyclic) bond motifs is 2. The molecule has 2 aromatic rings. The molecule has 2 aliphatic carbocycles. The summed E-state index contributed by atoms with van der Waals surface area (Å²) in [5.74, 6) is 0. The topological polar surface area (TPSA) is 25.8 Å². The molecular weight excluding hydrogens is 148 g/mol. The van der Waals surface area contributed by atoms with Gasteiger partial charge in [0.15, 0.2) is 0 Å². The Morgan fingerprint density at radius 3 is 1.75 bits per heavy atom. The van der Waals surface area contributed by atoms with Crippen LogP contribution in [0.1, 0.15) is 11.1 Å². The van der Waals surface area contributed by atoms with E-state index in [1.165, 1.54) is 11.1 Å². The maximum Gasteiger partial charge on any atom is 0.0921 e. The van der Waals surface area contributed by atoms with Crippen molar-refractivity contribution in [1.82, 2.24) is 9.97 Å². The molecule has 1 heterocycles. The molecule has 4 rings (SSSR count). The monoisotopic (exact) mass is 156 g/mol. The van der Waals surface area contributed by atoms with E-state index in [9.17, 15) is 0 Å². The molecule has 0 atom stereocenters. The van der Waals surface area contributed by atoms with Crippen molar-refractivity contribution in [1.29, 1.82) is 0 Å². The van der Waals surface area contributed by atoms with Gasteiger partial charge in [0.2, 0.25) is 0 Å². The SMILES string of the molecule is c1cnc2c3ccc(c2n1)CC3. The highest BCUT2D eigenvalue weighted by molar-refractivity contribution is 5.83. The van der Waals surface area contributed by atoms with Crippen LogP contribution in [0.3, 0.4) is 0 Å². The van der Waals surface area contributed by atoms with E-state index in [2.05, 4.69) is 22.1 Å². The van der Waals surface area contributed by atoms with Crippen LogP contribution < -0.4 is 0 Å². The summed E-state index contributed by atoms with van der Waals surface area (Å²) < 4.78 is 0. The lowest BCUT2D eigenvalue weighted by atomic mass is 9.93. The third-order valence-electron chi connectivity index (χ3n) is 2.46. The van der Waals surface area contributed by atoms with Gasteiger partial charge in [0.25, 0.3) is 0 Å². The smallest absolute Gasteiger partial charge is 0.0921 e. The van der Waals surface area contributed by atoms with Crippen LogP contribution in [0.4, 0.5) is 0 Å². The van der Waals surface area contributed by atoms with Gasteiger partial charge in [0.05, 0.1) is 11.0 Å². The second-order valence-corrected chi connectivity index (χ2v) is 3.14. The van der Waals surface area contributed by atoms with Gasteiger partial charge >= 0.3 is 0 Å². The minimum Gasteiger partial charge on any atom is -0.253 e. The van der Waals surface area contributed by atoms with E-state index in [-0.39, 0.29) is 0 Å². The van der Waals surface area contributed by atoms with Gasteiger partial charge in [-0.3, -0.25) is 9.97 Å². The lowest BCUT2D eigenvalue weighted by Gasteiger charge is -2.14. The summed E-state index contributed by atoms with van der Waals surface area (Å²) in [6.07, 6.45) is 5.80. The van der Waals surface area contributed by atoms with Gasteiger partial charge in [-0.15, -0.1) is 0 Å². The molecule has 0 spiro atoms. The summed E-state index contributed by atoms with van der Waals surface area (Å²) in [6.45, 7) is 0. The van der Waals surface area contributed by atoms with Crippen LogP contribution in [0.15, 0.2) is 24.5 Å². The van der Waals surface area contributed by atoms with Crippen LogP contribution >= 0.6 is 0 Å². The van der Waals surface area contributed by atoms with E-state index in [1.807, 2.05) is 0 Å². The highest BCUT2D eigenvalue weighted by atomic mass is 14.8. The molecule has 2 heteroatoms. The Kier molecular flexibility index (Phi) is 1.04. The number of aromatic nitrogens is 2. The van der Waals surface area contributed by atoms with Crippen molar-refractivity contribution in [3.63, 3.8) is 0 Å². The largest absolute Gasteiger partial charge is 0.253 e. The molecule has 0 saturated heterocycles. The molecule has 2 nitrogen and oxygen atoms in total. The van der Waals surface area contributed by atoms with E-state index < -0.39 is 0 Å². The highest BCUT2D eigenvalue weighted by Gasteiger charge is 2.13. The van der Waals surface area contributed by atoms with Crippen molar-refractivity contribution in [2.75, 3.05) is 0 Å². The zero-order valence-corrected chi connectivity index (χ0v) is 6.62. The van der Waals surface area contributed by atoms with Gasteiger partial charge in [-0.25, -0.2) is 0 Å². The van der Waals surface area contributed by atoms with E-state index in [4.69, 9.17) is 0 Å². The summed E-state index contributed by atoms with van der Waals surface area (Å²) in [5, 5.41) is 0. The molecule has 1 aromatic heterocycles. The Morgan fingerprint density at radius 1 is 0.833 bits per heavy atom. The lowest BCUT2D eigenvalue weighted by molar-refractivity contribution is 0.932. The molecule has 12 heavy (non-hydrogen) atoms. The van der Waals surface area contributed by atoms with Crippen molar-refractivity contribution >= 4 is 11.0 Å². The standard InChI is InChI=1S/C10H8N2/c1-2-8-4-3-7(1)9-10(8)12-6-5-11-9/h1-2,5-6H,3-4H2. The predicted octanol–water partition coefficient (Wildman–Crippen LogP) is 1.73. The molecule has 2 bridgehead atoms. The average Bonchev–Trinajstić information content (AvgIpc) is 2.20. The number of hydrogen-bond donors (Lipinski definition) is 0. The molecule has 0 N–H and O–H groups in total. The molecule has 0 fully saturated rings. The molecular formula is C10H8N2. The minimum absolute atomic E-state index is 1.10. The van der Waals surface area contributed by atoms with Gasteiger partial charge in [-0.05, 0) is 24.0 Å². The van der Waals surface area contributed by atoms with E-state index in [0.717, 1.165) is 23.9 Å². The molecule has 0 unspecified atom stereocenters. The summed E-state index contributed by atoms with van der Waals surface area (Å²) in [7, 11) is 0. The fourth-order valence-corrected chi connectivity index (χ4v) is 1.84. The van der Waals surface area contributed by atoms with Crippen molar-refractivity contribution in [2.24, 2.45) is 0 Å². The zero-order valence-electron chi connectivity index (χ0n) is 6.62. The average molecular weight is 156 g/mol. The summed E-state index contributed by atoms with van der Waals surface area (Å²) >= 11 is 0. The Balaban J connectivity index is 2.58. The summed E-state index contributed by atoms with van der Waals surface area (Å²) in [6, 6.07) is 4.33. The van der Waals surface area contributed by atoms with Gasteiger partial charge < -0.3 is 0 Å². The number of rotatable bonds is 0. The minimum atomic E-state index is 1.10. The van der Waals surface area contributed by atoms with Crippen LogP contribution in [0.5, 0.6) is 0 Å². The molecule has 0 aliphatic heterocycles. The van der Waals surface area contributed by atoms with E-state index >= 15 is 0 Å². The van der Waals surface area contributed by atoms with Crippen LogP contribution in [0, 0.1) is 0 Å².